The largest absolute Gasteiger partial charge is 0.311 e. The predicted molar refractivity (Wildman–Crippen MR) is 96.4 cm³/mol. The number of benzene rings is 1. The first-order valence-corrected chi connectivity index (χ1v) is 8.31. The number of rotatable bonds is 6. The Morgan fingerprint density at radius 2 is 1.65 bits per heavy atom. The Balaban J connectivity index is 1.87. The van der Waals surface area contributed by atoms with E-state index >= 15 is 0 Å². The van der Waals surface area contributed by atoms with Crippen molar-refractivity contribution in [3.63, 3.8) is 0 Å². The van der Waals surface area contributed by atoms with Gasteiger partial charge in [0.1, 0.15) is 0 Å². The number of hydrogen-bond acceptors (Lipinski definition) is 3. The first kappa shape index (κ1) is 17.6. The highest BCUT2D eigenvalue weighted by Crippen LogP contribution is 2.25. The van der Waals surface area contributed by atoms with Gasteiger partial charge in [0, 0.05) is 31.7 Å². The summed E-state index contributed by atoms with van der Waals surface area (Å²) in [7, 11) is 0. The van der Waals surface area contributed by atoms with Crippen molar-refractivity contribution >= 4 is 0 Å². The standard InChI is InChI=1S/C20H29N3/c1-19(2,3)17-8-6-16(7-9-17)12-20(4,5)15-22-14-18-13-21-10-11-23-18/h6-11,13,22H,12,14-15H2,1-5H3. The van der Waals surface area contributed by atoms with Gasteiger partial charge in [-0.15, -0.1) is 0 Å². The second-order valence-corrected chi connectivity index (χ2v) is 8.09. The van der Waals surface area contributed by atoms with Gasteiger partial charge in [-0.3, -0.25) is 9.97 Å². The fourth-order valence-electron chi connectivity index (χ4n) is 2.69. The number of nitrogens with zero attached hydrogens (tertiary/aromatic N) is 2. The van der Waals surface area contributed by atoms with E-state index in [1.54, 1.807) is 12.4 Å². The summed E-state index contributed by atoms with van der Waals surface area (Å²) in [5.41, 5.74) is 4.18. The topological polar surface area (TPSA) is 37.8 Å². The van der Waals surface area contributed by atoms with Crippen LogP contribution in [0.1, 0.15) is 51.4 Å². The van der Waals surface area contributed by atoms with Gasteiger partial charge < -0.3 is 5.32 Å². The van der Waals surface area contributed by atoms with Crippen LogP contribution in [0.3, 0.4) is 0 Å². The Kier molecular flexibility index (Phi) is 5.53. The minimum absolute atomic E-state index is 0.200. The third-order valence-electron chi connectivity index (χ3n) is 4.03. The van der Waals surface area contributed by atoms with Crippen LogP contribution in [0.15, 0.2) is 42.9 Å². The molecule has 0 atom stereocenters. The van der Waals surface area contributed by atoms with Crippen LogP contribution in [-0.4, -0.2) is 16.5 Å². The Labute approximate surface area is 140 Å². The predicted octanol–water partition coefficient (Wildman–Crippen LogP) is 4.13. The monoisotopic (exact) mass is 311 g/mol. The molecular formula is C20H29N3. The van der Waals surface area contributed by atoms with Crippen LogP contribution in [-0.2, 0) is 18.4 Å². The molecule has 0 amide bonds. The first-order valence-electron chi connectivity index (χ1n) is 8.31. The van der Waals surface area contributed by atoms with Gasteiger partial charge in [0.2, 0.25) is 0 Å². The zero-order chi connectivity index (χ0) is 16.9. The van der Waals surface area contributed by atoms with E-state index in [0.29, 0.717) is 0 Å². The average molecular weight is 311 g/mol. The molecule has 0 aliphatic heterocycles. The second kappa shape index (κ2) is 7.22. The van der Waals surface area contributed by atoms with E-state index in [1.165, 1.54) is 11.1 Å². The van der Waals surface area contributed by atoms with Gasteiger partial charge in [-0.05, 0) is 28.4 Å². The molecule has 2 rings (SSSR count). The van der Waals surface area contributed by atoms with Crippen molar-refractivity contribution in [2.45, 2.75) is 53.0 Å². The van der Waals surface area contributed by atoms with E-state index in [2.05, 4.69) is 74.2 Å². The van der Waals surface area contributed by atoms with Crippen LogP contribution in [0.25, 0.3) is 0 Å². The quantitative estimate of drug-likeness (QED) is 0.871. The third kappa shape index (κ3) is 5.76. The summed E-state index contributed by atoms with van der Waals surface area (Å²) in [6.45, 7) is 13.1. The molecular weight excluding hydrogens is 282 g/mol. The number of aromatic nitrogens is 2. The molecule has 1 aromatic carbocycles. The van der Waals surface area contributed by atoms with E-state index < -0.39 is 0 Å². The molecule has 1 aromatic heterocycles. The maximum absolute atomic E-state index is 4.29. The molecule has 0 saturated carbocycles. The fraction of sp³-hybridized carbons (Fsp3) is 0.500. The summed E-state index contributed by atoms with van der Waals surface area (Å²) >= 11 is 0. The molecule has 0 aliphatic carbocycles. The minimum Gasteiger partial charge on any atom is -0.311 e. The summed E-state index contributed by atoms with van der Waals surface area (Å²) in [5.74, 6) is 0. The molecule has 0 fully saturated rings. The summed E-state index contributed by atoms with van der Waals surface area (Å²) < 4.78 is 0. The van der Waals surface area contributed by atoms with Crippen molar-refractivity contribution in [2.75, 3.05) is 6.54 Å². The van der Waals surface area contributed by atoms with E-state index in [1.807, 2.05) is 6.20 Å². The van der Waals surface area contributed by atoms with Crippen molar-refractivity contribution in [2.24, 2.45) is 5.41 Å². The van der Waals surface area contributed by atoms with Gasteiger partial charge in [0.25, 0.3) is 0 Å². The SMILES string of the molecule is CC(C)(CNCc1cnccn1)Cc1ccc(C(C)(C)C)cc1. The normalized spacial score (nSPS) is 12.4. The molecule has 0 spiro atoms. The highest BCUT2D eigenvalue weighted by molar-refractivity contribution is 5.28. The molecule has 0 radical (unpaired) electrons. The maximum Gasteiger partial charge on any atom is 0.0724 e. The molecule has 0 unspecified atom stereocenters. The van der Waals surface area contributed by atoms with Crippen molar-refractivity contribution in [3.8, 4) is 0 Å². The van der Waals surface area contributed by atoms with E-state index in [4.69, 9.17) is 0 Å². The number of hydrogen-bond donors (Lipinski definition) is 1. The summed E-state index contributed by atoms with van der Waals surface area (Å²) in [4.78, 5) is 8.38. The molecule has 0 bridgehead atoms. The van der Waals surface area contributed by atoms with Gasteiger partial charge >= 0.3 is 0 Å². The Bertz CT molecular complexity index is 595. The van der Waals surface area contributed by atoms with Crippen LogP contribution in [0.2, 0.25) is 0 Å². The van der Waals surface area contributed by atoms with Crippen LogP contribution in [0.5, 0.6) is 0 Å². The lowest BCUT2D eigenvalue weighted by Crippen LogP contribution is -2.31. The molecule has 23 heavy (non-hydrogen) atoms. The highest BCUT2D eigenvalue weighted by Gasteiger charge is 2.19. The zero-order valence-electron chi connectivity index (χ0n) is 15.1. The molecule has 1 heterocycles. The van der Waals surface area contributed by atoms with E-state index in [-0.39, 0.29) is 10.8 Å². The van der Waals surface area contributed by atoms with E-state index in [0.717, 1.165) is 25.2 Å². The summed E-state index contributed by atoms with van der Waals surface area (Å²) in [5, 5.41) is 3.50. The molecule has 1 N–H and O–H groups in total. The van der Waals surface area contributed by atoms with Gasteiger partial charge in [-0.2, -0.15) is 0 Å². The van der Waals surface area contributed by atoms with E-state index in [9.17, 15) is 0 Å². The molecule has 3 heteroatoms. The third-order valence-corrected chi connectivity index (χ3v) is 4.03. The second-order valence-electron chi connectivity index (χ2n) is 8.09. The Morgan fingerprint density at radius 1 is 0.957 bits per heavy atom. The average Bonchev–Trinajstić information content (AvgIpc) is 2.47. The fourth-order valence-corrected chi connectivity index (χ4v) is 2.69. The van der Waals surface area contributed by atoms with Crippen molar-refractivity contribution in [1.29, 1.82) is 0 Å². The van der Waals surface area contributed by atoms with Crippen LogP contribution in [0, 0.1) is 5.41 Å². The zero-order valence-corrected chi connectivity index (χ0v) is 15.1. The van der Waals surface area contributed by atoms with Crippen LogP contribution in [0.4, 0.5) is 0 Å². The van der Waals surface area contributed by atoms with Crippen molar-refractivity contribution in [3.05, 3.63) is 59.7 Å². The maximum atomic E-state index is 4.29. The molecule has 2 aromatic rings. The molecule has 124 valence electrons. The van der Waals surface area contributed by atoms with Gasteiger partial charge in [0.15, 0.2) is 0 Å². The van der Waals surface area contributed by atoms with Crippen LogP contribution < -0.4 is 5.32 Å². The Morgan fingerprint density at radius 3 is 2.22 bits per heavy atom. The molecule has 0 aliphatic rings. The van der Waals surface area contributed by atoms with Gasteiger partial charge in [0.05, 0.1) is 5.69 Å². The van der Waals surface area contributed by atoms with Gasteiger partial charge in [-0.25, -0.2) is 0 Å². The van der Waals surface area contributed by atoms with Crippen molar-refractivity contribution < 1.29 is 0 Å². The summed E-state index contributed by atoms with van der Waals surface area (Å²) in [6.07, 6.45) is 6.31. The minimum atomic E-state index is 0.200. The van der Waals surface area contributed by atoms with Crippen molar-refractivity contribution in [1.82, 2.24) is 15.3 Å². The lowest BCUT2D eigenvalue weighted by Gasteiger charge is -2.26. The highest BCUT2D eigenvalue weighted by atomic mass is 14.9. The lowest BCUT2D eigenvalue weighted by molar-refractivity contribution is 0.336. The Hall–Kier alpha value is -1.74. The van der Waals surface area contributed by atoms with Gasteiger partial charge in [-0.1, -0.05) is 58.9 Å². The molecule has 0 saturated heterocycles. The summed E-state index contributed by atoms with van der Waals surface area (Å²) in [6, 6.07) is 9.06. The molecule has 3 nitrogen and oxygen atoms in total. The van der Waals surface area contributed by atoms with Crippen LogP contribution >= 0.6 is 0 Å². The smallest absolute Gasteiger partial charge is 0.0724 e. The first-order chi connectivity index (χ1) is 10.8. The number of nitrogens with one attached hydrogen (secondary N) is 1. The lowest BCUT2D eigenvalue weighted by atomic mass is 9.83.